The Labute approximate surface area is 142 Å². The minimum Gasteiger partial charge on any atom is -0.454 e. The number of aromatic nitrogens is 2. The molecule has 0 radical (unpaired) electrons. The number of rotatable bonds is 5. The highest BCUT2D eigenvalue weighted by Gasteiger charge is 2.38. The van der Waals surface area contributed by atoms with Crippen molar-refractivity contribution in [3.05, 3.63) is 42.1 Å². The van der Waals surface area contributed by atoms with Gasteiger partial charge >= 0.3 is 6.18 Å². The molecule has 5 nitrogen and oxygen atoms in total. The summed E-state index contributed by atoms with van der Waals surface area (Å²) in [6.45, 7) is -0.314. The number of alkyl halides is 3. The van der Waals surface area contributed by atoms with E-state index in [0.29, 0.717) is 11.5 Å². The Morgan fingerprint density at radius 2 is 2.04 bits per heavy atom. The molecule has 0 saturated carbocycles. The van der Waals surface area contributed by atoms with E-state index in [0.717, 1.165) is 16.5 Å². The van der Waals surface area contributed by atoms with E-state index in [-0.39, 0.29) is 6.54 Å². The molecule has 2 heterocycles. The molecule has 1 N–H and O–H groups in total. The van der Waals surface area contributed by atoms with E-state index in [1.807, 2.05) is 30.3 Å². The number of furan rings is 1. The summed E-state index contributed by atoms with van der Waals surface area (Å²) >= 11 is 0. The number of nitrogens with zero attached hydrogens (tertiary/aromatic N) is 3. The van der Waals surface area contributed by atoms with Crippen LogP contribution in [0.5, 0.6) is 0 Å². The molecule has 134 valence electrons. The number of halogens is 3. The van der Waals surface area contributed by atoms with Gasteiger partial charge in [0, 0.05) is 37.3 Å². The lowest BCUT2D eigenvalue weighted by Gasteiger charge is -2.21. The Bertz CT molecular complexity index is 837. The van der Waals surface area contributed by atoms with Crippen molar-refractivity contribution < 1.29 is 22.7 Å². The number of aliphatic hydroxyl groups excluding tert-OH is 1. The lowest BCUT2D eigenvalue weighted by atomic mass is 10.1. The molecule has 8 heteroatoms. The molecule has 3 aromatic rings. The third kappa shape index (κ3) is 3.85. The van der Waals surface area contributed by atoms with Crippen LogP contribution in [-0.2, 0) is 13.6 Å². The molecular formula is C17H18F3N3O2. The van der Waals surface area contributed by atoms with E-state index >= 15 is 0 Å². The van der Waals surface area contributed by atoms with Gasteiger partial charge in [-0.05, 0) is 19.2 Å². The van der Waals surface area contributed by atoms with Crippen molar-refractivity contribution in [2.24, 2.45) is 7.05 Å². The zero-order valence-electron chi connectivity index (χ0n) is 13.8. The first-order chi connectivity index (χ1) is 11.7. The first-order valence-electron chi connectivity index (χ1n) is 7.69. The predicted molar refractivity (Wildman–Crippen MR) is 86.8 cm³/mol. The summed E-state index contributed by atoms with van der Waals surface area (Å²) in [5, 5.41) is 14.5. The monoisotopic (exact) mass is 353 g/mol. The van der Waals surface area contributed by atoms with Gasteiger partial charge in [-0.2, -0.15) is 18.3 Å². The van der Waals surface area contributed by atoms with E-state index in [1.165, 1.54) is 11.9 Å². The molecule has 25 heavy (non-hydrogen) atoms. The van der Waals surface area contributed by atoms with Crippen molar-refractivity contribution in [2.75, 3.05) is 13.6 Å². The van der Waals surface area contributed by atoms with Crippen LogP contribution < -0.4 is 0 Å². The molecule has 1 aromatic carbocycles. The van der Waals surface area contributed by atoms with Crippen molar-refractivity contribution in [2.45, 2.75) is 18.8 Å². The number of aryl methyl sites for hydroxylation is 1. The van der Waals surface area contributed by atoms with Crippen LogP contribution in [0.1, 0.15) is 5.56 Å². The summed E-state index contributed by atoms with van der Waals surface area (Å²) in [5.74, 6) is 0.557. The normalized spacial score (nSPS) is 13.7. The largest absolute Gasteiger partial charge is 0.454 e. The summed E-state index contributed by atoms with van der Waals surface area (Å²) in [4.78, 5) is 1.40. The van der Waals surface area contributed by atoms with Crippen LogP contribution in [0.4, 0.5) is 13.2 Å². The predicted octanol–water partition coefficient (Wildman–Crippen LogP) is 3.19. The summed E-state index contributed by atoms with van der Waals surface area (Å²) in [6, 6.07) is 9.37. The third-order valence-electron chi connectivity index (χ3n) is 3.87. The maximum Gasteiger partial charge on any atom is 0.415 e. The molecule has 0 saturated heterocycles. The van der Waals surface area contributed by atoms with Gasteiger partial charge in [0.1, 0.15) is 11.3 Å². The fraction of sp³-hybridized carbons (Fsp3) is 0.353. The van der Waals surface area contributed by atoms with E-state index < -0.39 is 18.8 Å². The minimum atomic E-state index is -4.63. The van der Waals surface area contributed by atoms with Crippen LogP contribution in [0.2, 0.25) is 0 Å². The van der Waals surface area contributed by atoms with Gasteiger partial charge in [-0.3, -0.25) is 9.58 Å². The Morgan fingerprint density at radius 3 is 2.72 bits per heavy atom. The number of fused-ring (bicyclic) bond motifs is 1. The molecule has 2 aromatic heterocycles. The highest BCUT2D eigenvalue weighted by atomic mass is 19.4. The average Bonchev–Trinajstić information content (AvgIpc) is 3.09. The lowest BCUT2D eigenvalue weighted by molar-refractivity contribution is -0.207. The van der Waals surface area contributed by atoms with Gasteiger partial charge in [0.25, 0.3) is 0 Å². The van der Waals surface area contributed by atoms with E-state index in [1.54, 1.807) is 17.9 Å². The van der Waals surface area contributed by atoms with E-state index in [9.17, 15) is 18.3 Å². The summed E-state index contributed by atoms with van der Waals surface area (Å²) in [6.07, 6.45) is -5.28. The van der Waals surface area contributed by atoms with Crippen LogP contribution in [0.15, 0.2) is 40.9 Å². The van der Waals surface area contributed by atoms with Gasteiger partial charge < -0.3 is 9.52 Å². The number of hydrogen-bond acceptors (Lipinski definition) is 4. The van der Waals surface area contributed by atoms with Gasteiger partial charge in [0.05, 0.1) is 0 Å². The molecular weight excluding hydrogens is 335 g/mol. The molecule has 0 aliphatic rings. The second kappa shape index (κ2) is 6.53. The fourth-order valence-electron chi connectivity index (χ4n) is 2.71. The summed E-state index contributed by atoms with van der Waals surface area (Å²) in [7, 11) is 3.25. The van der Waals surface area contributed by atoms with Crippen molar-refractivity contribution in [1.29, 1.82) is 0 Å². The van der Waals surface area contributed by atoms with Gasteiger partial charge in [-0.15, -0.1) is 0 Å². The SMILES string of the molecule is CN(Cc1cn(C)nc1-c1cc2ccccc2o1)CC(O)C(F)(F)F. The smallest absolute Gasteiger partial charge is 0.415 e. The average molecular weight is 353 g/mol. The van der Waals surface area contributed by atoms with Gasteiger partial charge in [-0.25, -0.2) is 0 Å². The maximum atomic E-state index is 12.5. The zero-order valence-corrected chi connectivity index (χ0v) is 13.8. The van der Waals surface area contributed by atoms with Crippen molar-refractivity contribution >= 4 is 11.0 Å². The highest BCUT2D eigenvalue weighted by Crippen LogP contribution is 2.29. The van der Waals surface area contributed by atoms with Crippen LogP contribution in [0, 0.1) is 0 Å². The van der Waals surface area contributed by atoms with Gasteiger partial charge in [-0.1, -0.05) is 18.2 Å². The van der Waals surface area contributed by atoms with Gasteiger partial charge in [0.2, 0.25) is 0 Å². The molecule has 1 atom stereocenters. The molecule has 0 spiro atoms. The number of hydrogen-bond donors (Lipinski definition) is 1. The highest BCUT2D eigenvalue weighted by molar-refractivity contribution is 5.82. The van der Waals surface area contributed by atoms with Crippen molar-refractivity contribution in [1.82, 2.24) is 14.7 Å². The molecule has 0 bridgehead atoms. The number of para-hydroxylation sites is 1. The molecule has 3 rings (SSSR count). The number of aliphatic hydroxyl groups is 1. The number of benzene rings is 1. The molecule has 1 unspecified atom stereocenters. The van der Waals surface area contributed by atoms with Crippen LogP contribution in [-0.4, -0.2) is 45.7 Å². The maximum absolute atomic E-state index is 12.5. The Kier molecular flexibility index (Phi) is 4.57. The Morgan fingerprint density at radius 1 is 1.32 bits per heavy atom. The Hall–Kier alpha value is -2.32. The molecule has 0 aliphatic carbocycles. The standard InChI is InChI=1S/C17H18F3N3O2/c1-22(10-15(24)17(18,19)20)8-12-9-23(2)21-16(12)14-7-11-5-3-4-6-13(11)25-14/h3-7,9,15,24H,8,10H2,1-2H3. The number of likely N-dealkylation sites (N-methyl/N-ethyl adjacent to an activating group) is 1. The van der Waals surface area contributed by atoms with E-state index in [4.69, 9.17) is 4.42 Å². The van der Waals surface area contributed by atoms with Crippen molar-refractivity contribution in [3.63, 3.8) is 0 Å². The quantitative estimate of drug-likeness (QED) is 0.765. The topological polar surface area (TPSA) is 54.4 Å². The lowest BCUT2D eigenvalue weighted by Crippen LogP contribution is -2.39. The first-order valence-corrected chi connectivity index (χ1v) is 7.69. The third-order valence-corrected chi connectivity index (χ3v) is 3.87. The van der Waals surface area contributed by atoms with Gasteiger partial charge in [0.15, 0.2) is 11.9 Å². The molecule has 0 amide bonds. The second-order valence-corrected chi connectivity index (χ2v) is 6.08. The summed E-state index contributed by atoms with van der Waals surface area (Å²) < 4.78 is 44.9. The minimum absolute atomic E-state index is 0.202. The summed E-state index contributed by atoms with van der Waals surface area (Å²) in [5.41, 5.74) is 2.01. The zero-order chi connectivity index (χ0) is 18.2. The fourth-order valence-corrected chi connectivity index (χ4v) is 2.71. The van der Waals surface area contributed by atoms with Crippen molar-refractivity contribution in [3.8, 4) is 11.5 Å². The molecule has 0 aliphatic heterocycles. The van der Waals surface area contributed by atoms with Crippen LogP contribution in [0.3, 0.4) is 0 Å². The van der Waals surface area contributed by atoms with E-state index in [2.05, 4.69) is 5.10 Å². The first kappa shape index (κ1) is 17.5. The Balaban J connectivity index is 1.83. The van der Waals surface area contributed by atoms with Crippen LogP contribution >= 0.6 is 0 Å². The van der Waals surface area contributed by atoms with Crippen LogP contribution in [0.25, 0.3) is 22.4 Å². The molecule has 0 fully saturated rings. The second-order valence-electron chi connectivity index (χ2n) is 6.08.